The van der Waals surface area contributed by atoms with Gasteiger partial charge in [-0.25, -0.2) is 0 Å². The maximum Gasteiger partial charge on any atom is 0.257 e. The van der Waals surface area contributed by atoms with Crippen LogP contribution >= 0.6 is 0 Å². The van der Waals surface area contributed by atoms with Crippen molar-refractivity contribution >= 4 is 11.8 Å². The molecule has 0 saturated carbocycles. The lowest BCUT2D eigenvalue weighted by Gasteiger charge is -2.11. The van der Waals surface area contributed by atoms with Gasteiger partial charge in [-0.05, 0) is 37.3 Å². The first-order chi connectivity index (χ1) is 14.1. The number of carbonyl (C=O) groups excluding carboxylic acids is 2. The second kappa shape index (κ2) is 8.18. The molecular formula is C22H22N4O3. The standard InChI is InChI=1S/C22H22N4O3/c1-2-23-21(27)13-29-16-5-3-4-14(10-16)19-11-15(6-8-24-19)20-12-17-18(26-20)7-9-25-22(17)28/h3-6,8,10-12,26H,2,7,9,13H2,1H3,(H,23,27)(H,25,28). The third kappa shape index (κ3) is 4.13. The van der Waals surface area contributed by atoms with Crippen molar-refractivity contribution < 1.29 is 14.3 Å². The van der Waals surface area contributed by atoms with Crippen molar-refractivity contribution in [1.29, 1.82) is 0 Å². The number of hydrogen-bond donors (Lipinski definition) is 3. The van der Waals surface area contributed by atoms with Gasteiger partial charge in [-0.3, -0.25) is 14.6 Å². The molecule has 0 atom stereocenters. The number of benzene rings is 1. The van der Waals surface area contributed by atoms with Crippen LogP contribution in [0.25, 0.3) is 22.5 Å². The summed E-state index contributed by atoms with van der Waals surface area (Å²) >= 11 is 0. The number of nitrogens with one attached hydrogen (secondary N) is 3. The number of H-pyrrole nitrogens is 1. The van der Waals surface area contributed by atoms with Crippen molar-refractivity contribution in [1.82, 2.24) is 20.6 Å². The van der Waals surface area contributed by atoms with Crippen LogP contribution in [0, 0.1) is 0 Å². The van der Waals surface area contributed by atoms with Crippen LogP contribution in [0.15, 0.2) is 48.7 Å². The van der Waals surface area contributed by atoms with Crippen molar-refractivity contribution in [3.05, 3.63) is 59.9 Å². The summed E-state index contributed by atoms with van der Waals surface area (Å²) in [6, 6.07) is 13.2. The first-order valence-electron chi connectivity index (χ1n) is 9.60. The number of carbonyl (C=O) groups is 2. The highest BCUT2D eigenvalue weighted by Crippen LogP contribution is 2.28. The number of hydrogen-bond acceptors (Lipinski definition) is 4. The quantitative estimate of drug-likeness (QED) is 0.603. The second-order valence-corrected chi connectivity index (χ2v) is 6.78. The van der Waals surface area contributed by atoms with Crippen LogP contribution in [0.2, 0.25) is 0 Å². The number of amides is 2. The predicted molar refractivity (Wildman–Crippen MR) is 110 cm³/mol. The maximum atomic E-state index is 12.0. The molecule has 0 bridgehead atoms. The molecule has 3 aromatic rings. The Morgan fingerprint density at radius 1 is 1.21 bits per heavy atom. The van der Waals surface area contributed by atoms with Crippen LogP contribution < -0.4 is 15.4 Å². The number of aromatic nitrogens is 2. The fourth-order valence-corrected chi connectivity index (χ4v) is 3.35. The molecule has 1 aliphatic heterocycles. The monoisotopic (exact) mass is 390 g/mol. The summed E-state index contributed by atoms with van der Waals surface area (Å²) in [5, 5.41) is 5.56. The molecule has 2 aromatic heterocycles. The van der Waals surface area contributed by atoms with E-state index in [9.17, 15) is 9.59 Å². The minimum atomic E-state index is -0.155. The number of fused-ring (bicyclic) bond motifs is 1. The lowest BCUT2D eigenvalue weighted by molar-refractivity contribution is -0.122. The van der Waals surface area contributed by atoms with E-state index in [0.29, 0.717) is 24.4 Å². The molecule has 0 spiro atoms. The van der Waals surface area contributed by atoms with Crippen molar-refractivity contribution in [3.8, 4) is 28.3 Å². The lowest BCUT2D eigenvalue weighted by Crippen LogP contribution is -2.31. The number of rotatable bonds is 6. The summed E-state index contributed by atoms with van der Waals surface area (Å²) in [6.45, 7) is 3.06. The first-order valence-corrected chi connectivity index (χ1v) is 9.60. The van der Waals surface area contributed by atoms with Gasteiger partial charge in [0.15, 0.2) is 6.61 Å². The highest BCUT2D eigenvalue weighted by Gasteiger charge is 2.20. The number of nitrogens with zero attached hydrogens (tertiary/aromatic N) is 1. The molecule has 3 N–H and O–H groups in total. The number of ether oxygens (including phenoxy) is 1. The molecule has 0 saturated heterocycles. The molecule has 0 fully saturated rings. The summed E-state index contributed by atoms with van der Waals surface area (Å²) in [6.07, 6.45) is 2.54. The van der Waals surface area contributed by atoms with E-state index in [1.165, 1.54) is 0 Å². The van der Waals surface area contributed by atoms with Crippen LogP contribution in [-0.4, -0.2) is 41.5 Å². The summed E-state index contributed by atoms with van der Waals surface area (Å²) < 4.78 is 5.57. The van der Waals surface area contributed by atoms with Gasteiger partial charge >= 0.3 is 0 Å². The van der Waals surface area contributed by atoms with Crippen LogP contribution in [0.3, 0.4) is 0 Å². The van der Waals surface area contributed by atoms with Gasteiger partial charge in [0.1, 0.15) is 5.75 Å². The smallest absolute Gasteiger partial charge is 0.257 e. The summed E-state index contributed by atoms with van der Waals surface area (Å²) in [7, 11) is 0. The zero-order valence-corrected chi connectivity index (χ0v) is 16.1. The minimum absolute atomic E-state index is 0.0269. The molecule has 0 radical (unpaired) electrons. The molecule has 4 rings (SSSR count). The van der Waals surface area contributed by atoms with Gasteiger partial charge < -0.3 is 20.4 Å². The highest BCUT2D eigenvalue weighted by atomic mass is 16.5. The molecule has 3 heterocycles. The Kier molecular flexibility index (Phi) is 5.29. The zero-order valence-electron chi connectivity index (χ0n) is 16.1. The number of pyridine rings is 1. The summed E-state index contributed by atoms with van der Waals surface area (Å²) in [4.78, 5) is 31.4. The van der Waals surface area contributed by atoms with E-state index in [1.807, 2.05) is 49.4 Å². The molecule has 2 amide bonds. The Bertz CT molecular complexity index is 1060. The van der Waals surface area contributed by atoms with Gasteiger partial charge in [-0.2, -0.15) is 0 Å². The second-order valence-electron chi connectivity index (χ2n) is 6.78. The minimum Gasteiger partial charge on any atom is -0.484 e. The van der Waals surface area contributed by atoms with Crippen molar-refractivity contribution in [3.63, 3.8) is 0 Å². The third-order valence-corrected chi connectivity index (χ3v) is 4.75. The number of aromatic amines is 1. The van der Waals surface area contributed by atoms with Gasteiger partial charge in [0.2, 0.25) is 0 Å². The van der Waals surface area contributed by atoms with Crippen LogP contribution in [-0.2, 0) is 11.2 Å². The molecule has 29 heavy (non-hydrogen) atoms. The van der Waals surface area contributed by atoms with E-state index >= 15 is 0 Å². The van der Waals surface area contributed by atoms with Crippen LogP contribution in [0.1, 0.15) is 23.0 Å². The largest absolute Gasteiger partial charge is 0.484 e. The lowest BCUT2D eigenvalue weighted by atomic mass is 10.1. The van der Waals surface area contributed by atoms with E-state index in [0.717, 1.165) is 34.6 Å². The van der Waals surface area contributed by atoms with Gasteiger partial charge in [0.25, 0.3) is 11.8 Å². The van der Waals surface area contributed by atoms with Gasteiger partial charge in [-0.1, -0.05) is 12.1 Å². The van der Waals surface area contributed by atoms with Gasteiger partial charge in [-0.15, -0.1) is 0 Å². The molecule has 0 aliphatic carbocycles. The average molecular weight is 390 g/mol. The Labute approximate surface area is 168 Å². The van der Waals surface area contributed by atoms with E-state index in [4.69, 9.17) is 4.74 Å². The number of likely N-dealkylation sites (N-methyl/N-ethyl adjacent to an activating group) is 1. The van der Waals surface area contributed by atoms with Crippen molar-refractivity contribution in [2.24, 2.45) is 0 Å². The Morgan fingerprint density at radius 2 is 2.10 bits per heavy atom. The normalized spacial score (nSPS) is 12.8. The van der Waals surface area contributed by atoms with Crippen LogP contribution in [0.5, 0.6) is 5.75 Å². The summed E-state index contributed by atoms with van der Waals surface area (Å²) in [5.74, 6) is 0.408. The van der Waals surface area contributed by atoms with Gasteiger partial charge in [0.05, 0.1) is 11.3 Å². The van der Waals surface area contributed by atoms with Gasteiger partial charge in [0, 0.05) is 48.2 Å². The molecule has 0 unspecified atom stereocenters. The fourth-order valence-electron chi connectivity index (χ4n) is 3.35. The molecule has 7 heteroatoms. The predicted octanol–water partition coefficient (Wildman–Crippen LogP) is 2.54. The zero-order chi connectivity index (χ0) is 20.2. The van der Waals surface area contributed by atoms with Crippen molar-refractivity contribution in [2.75, 3.05) is 19.7 Å². The van der Waals surface area contributed by atoms with E-state index in [2.05, 4.69) is 20.6 Å². The SMILES string of the molecule is CCNC(=O)COc1cccc(-c2cc(-c3cc4c([nH]3)CCNC4=O)ccn2)c1. The molecule has 7 nitrogen and oxygen atoms in total. The van der Waals surface area contributed by atoms with E-state index in [1.54, 1.807) is 6.20 Å². The molecule has 1 aromatic carbocycles. The highest BCUT2D eigenvalue weighted by molar-refractivity contribution is 5.97. The Morgan fingerprint density at radius 3 is 2.93 bits per heavy atom. The van der Waals surface area contributed by atoms with E-state index < -0.39 is 0 Å². The topological polar surface area (TPSA) is 96.1 Å². The molecule has 148 valence electrons. The fraction of sp³-hybridized carbons (Fsp3) is 0.227. The molecular weight excluding hydrogens is 368 g/mol. The van der Waals surface area contributed by atoms with Crippen molar-refractivity contribution in [2.45, 2.75) is 13.3 Å². The molecule has 1 aliphatic rings. The van der Waals surface area contributed by atoms with Crippen LogP contribution in [0.4, 0.5) is 0 Å². The van der Waals surface area contributed by atoms with E-state index in [-0.39, 0.29) is 18.4 Å². The Hall–Kier alpha value is -3.61. The maximum absolute atomic E-state index is 12.0. The first kappa shape index (κ1) is 18.7. The third-order valence-electron chi connectivity index (χ3n) is 4.75. The average Bonchev–Trinajstić information content (AvgIpc) is 3.19. The Balaban J connectivity index is 1.57. The summed E-state index contributed by atoms with van der Waals surface area (Å²) in [5.41, 5.74) is 5.16.